The molecule has 130 valence electrons. The standard InChI is InChI=1S/C21H25N3S/c1-6-24-20(16-9-7-8-13(2)10-16)23-19-17(15(4)25)11-14(3)12-18(19)21(24)22-5/h7-12,15,25H,6H2,1-5H3. The van der Waals surface area contributed by atoms with Crippen LogP contribution >= 0.6 is 12.6 Å². The molecule has 4 heteroatoms. The SMILES string of the molecule is CCn1c(-c2cccc(C)c2)nc2c(C(C)S)cc(C)cc2c1=NC. The first kappa shape index (κ1) is 17.7. The topological polar surface area (TPSA) is 30.2 Å². The highest BCUT2D eigenvalue weighted by Crippen LogP contribution is 2.29. The molecule has 0 saturated carbocycles. The zero-order valence-corrected chi connectivity index (χ0v) is 16.4. The number of hydrogen-bond donors (Lipinski definition) is 1. The van der Waals surface area contributed by atoms with Crippen LogP contribution in [0.15, 0.2) is 41.4 Å². The van der Waals surface area contributed by atoms with Gasteiger partial charge in [0.1, 0.15) is 11.3 Å². The molecule has 0 aliphatic heterocycles. The van der Waals surface area contributed by atoms with Crippen molar-refractivity contribution in [2.75, 3.05) is 7.05 Å². The van der Waals surface area contributed by atoms with E-state index in [0.29, 0.717) is 0 Å². The molecule has 0 spiro atoms. The summed E-state index contributed by atoms with van der Waals surface area (Å²) in [7, 11) is 1.85. The summed E-state index contributed by atoms with van der Waals surface area (Å²) in [6.07, 6.45) is 0. The van der Waals surface area contributed by atoms with Gasteiger partial charge in [-0.2, -0.15) is 12.6 Å². The van der Waals surface area contributed by atoms with Crippen LogP contribution in [0.4, 0.5) is 0 Å². The summed E-state index contributed by atoms with van der Waals surface area (Å²) in [4.78, 5) is 9.70. The summed E-state index contributed by atoms with van der Waals surface area (Å²) in [5.41, 5.74) is 6.68. The Morgan fingerprint density at radius 2 is 1.92 bits per heavy atom. The molecular formula is C21H25N3S. The second-order valence-electron chi connectivity index (χ2n) is 6.52. The quantitative estimate of drug-likeness (QED) is 0.671. The van der Waals surface area contributed by atoms with E-state index in [2.05, 4.69) is 86.3 Å². The average Bonchev–Trinajstić information content (AvgIpc) is 2.59. The first-order chi connectivity index (χ1) is 12.0. The fraction of sp³-hybridized carbons (Fsp3) is 0.333. The van der Waals surface area contributed by atoms with Gasteiger partial charge in [-0.3, -0.25) is 4.99 Å². The summed E-state index contributed by atoms with van der Waals surface area (Å²) in [5.74, 6) is 0.957. The highest BCUT2D eigenvalue weighted by Gasteiger charge is 2.15. The minimum atomic E-state index is 0.113. The number of thiol groups is 1. The number of fused-ring (bicyclic) bond motifs is 1. The van der Waals surface area contributed by atoms with Crippen LogP contribution in [0.1, 0.15) is 35.8 Å². The molecule has 1 atom stereocenters. The van der Waals surface area contributed by atoms with Crippen molar-refractivity contribution in [1.29, 1.82) is 0 Å². The van der Waals surface area contributed by atoms with Crippen LogP contribution < -0.4 is 5.49 Å². The zero-order valence-electron chi connectivity index (χ0n) is 15.5. The number of rotatable bonds is 3. The summed E-state index contributed by atoms with van der Waals surface area (Å²) >= 11 is 4.68. The van der Waals surface area contributed by atoms with Crippen molar-refractivity contribution >= 4 is 23.5 Å². The van der Waals surface area contributed by atoms with Crippen LogP contribution in [0.25, 0.3) is 22.3 Å². The van der Waals surface area contributed by atoms with Gasteiger partial charge in [0.05, 0.1) is 5.52 Å². The molecule has 1 unspecified atom stereocenters. The van der Waals surface area contributed by atoms with E-state index >= 15 is 0 Å². The largest absolute Gasteiger partial charge is 0.311 e. The van der Waals surface area contributed by atoms with E-state index in [1.54, 1.807) is 0 Å². The van der Waals surface area contributed by atoms with Crippen LogP contribution in [-0.2, 0) is 6.54 Å². The predicted molar refractivity (Wildman–Crippen MR) is 109 cm³/mol. The highest BCUT2D eigenvalue weighted by molar-refractivity contribution is 7.80. The molecule has 0 aliphatic rings. The minimum absolute atomic E-state index is 0.113. The van der Waals surface area contributed by atoms with Crippen LogP contribution in [0, 0.1) is 13.8 Å². The van der Waals surface area contributed by atoms with Crippen molar-refractivity contribution in [3.63, 3.8) is 0 Å². The van der Waals surface area contributed by atoms with Gasteiger partial charge in [-0.05, 0) is 51.0 Å². The van der Waals surface area contributed by atoms with Gasteiger partial charge >= 0.3 is 0 Å². The number of benzene rings is 2. The zero-order chi connectivity index (χ0) is 18.1. The Hall–Kier alpha value is -2.07. The van der Waals surface area contributed by atoms with Gasteiger partial charge in [-0.15, -0.1) is 0 Å². The number of nitrogens with zero attached hydrogens (tertiary/aromatic N) is 3. The van der Waals surface area contributed by atoms with Crippen molar-refractivity contribution in [3.05, 3.63) is 58.6 Å². The van der Waals surface area contributed by atoms with E-state index in [0.717, 1.165) is 39.9 Å². The van der Waals surface area contributed by atoms with Crippen molar-refractivity contribution < 1.29 is 0 Å². The molecule has 2 aromatic carbocycles. The molecule has 0 radical (unpaired) electrons. The summed E-state index contributed by atoms with van der Waals surface area (Å²) in [5, 5.41) is 1.21. The molecule has 1 aromatic heterocycles. The molecule has 0 bridgehead atoms. The third-order valence-electron chi connectivity index (χ3n) is 4.51. The summed E-state index contributed by atoms with van der Waals surface area (Å²) in [6, 6.07) is 12.8. The minimum Gasteiger partial charge on any atom is -0.311 e. The maximum absolute atomic E-state index is 5.08. The van der Waals surface area contributed by atoms with E-state index in [1.165, 1.54) is 11.1 Å². The monoisotopic (exact) mass is 351 g/mol. The van der Waals surface area contributed by atoms with Crippen molar-refractivity contribution in [3.8, 4) is 11.4 Å². The van der Waals surface area contributed by atoms with Gasteiger partial charge in [-0.1, -0.05) is 29.8 Å². The van der Waals surface area contributed by atoms with Gasteiger partial charge < -0.3 is 4.57 Å². The maximum atomic E-state index is 5.08. The number of aromatic nitrogens is 2. The van der Waals surface area contributed by atoms with Crippen LogP contribution in [0.3, 0.4) is 0 Å². The Morgan fingerprint density at radius 1 is 1.16 bits per heavy atom. The second kappa shape index (κ2) is 7.04. The molecule has 0 saturated heterocycles. The lowest BCUT2D eigenvalue weighted by atomic mass is 10.0. The third kappa shape index (κ3) is 3.23. The Balaban J connectivity index is 2.50. The van der Waals surface area contributed by atoms with E-state index in [4.69, 9.17) is 4.98 Å². The first-order valence-electron chi connectivity index (χ1n) is 8.69. The van der Waals surface area contributed by atoms with Crippen LogP contribution in [0.2, 0.25) is 0 Å². The van der Waals surface area contributed by atoms with Crippen molar-refractivity contribution in [2.24, 2.45) is 4.99 Å². The average molecular weight is 352 g/mol. The fourth-order valence-corrected chi connectivity index (χ4v) is 3.57. The van der Waals surface area contributed by atoms with Crippen molar-refractivity contribution in [1.82, 2.24) is 9.55 Å². The molecule has 0 amide bonds. The number of hydrogen-bond acceptors (Lipinski definition) is 3. The molecule has 0 aliphatic carbocycles. The molecular weight excluding hydrogens is 326 g/mol. The van der Waals surface area contributed by atoms with Crippen LogP contribution in [-0.4, -0.2) is 16.6 Å². The lowest BCUT2D eigenvalue weighted by Crippen LogP contribution is -2.24. The van der Waals surface area contributed by atoms with Gasteiger partial charge in [0.2, 0.25) is 0 Å². The fourth-order valence-electron chi connectivity index (χ4n) is 3.38. The van der Waals surface area contributed by atoms with Gasteiger partial charge in [0.25, 0.3) is 0 Å². The molecule has 3 aromatic rings. The van der Waals surface area contributed by atoms with Crippen LogP contribution in [0.5, 0.6) is 0 Å². The highest BCUT2D eigenvalue weighted by atomic mass is 32.1. The predicted octanol–water partition coefficient (Wildman–Crippen LogP) is 4.86. The lowest BCUT2D eigenvalue weighted by Gasteiger charge is -2.18. The Morgan fingerprint density at radius 3 is 2.52 bits per heavy atom. The molecule has 3 nitrogen and oxygen atoms in total. The van der Waals surface area contributed by atoms with E-state index in [9.17, 15) is 0 Å². The van der Waals surface area contributed by atoms with E-state index < -0.39 is 0 Å². The number of aryl methyl sites for hydroxylation is 2. The Kier molecular flexibility index (Phi) is 5.00. The lowest BCUT2D eigenvalue weighted by molar-refractivity contribution is 0.711. The smallest absolute Gasteiger partial charge is 0.142 e. The van der Waals surface area contributed by atoms with Gasteiger partial charge in [0.15, 0.2) is 0 Å². The van der Waals surface area contributed by atoms with Gasteiger partial charge in [0, 0.05) is 29.8 Å². The molecule has 25 heavy (non-hydrogen) atoms. The molecule has 3 rings (SSSR count). The van der Waals surface area contributed by atoms with E-state index in [-0.39, 0.29) is 5.25 Å². The second-order valence-corrected chi connectivity index (χ2v) is 7.30. The maximum Gasteiger partial charge on any atom is 0.142 e. The van der Waals surface area contributed by atoms with E-state index in [1.807, 2.05) is 7.05 Å². The third-order valence-corrected chi connectivity index (χ3v) is 4.79. The first-order valence-corrected chi connectivity index (χ1v) is 9.21. The summed E-state index contributed by atoms with van der Waals surface area (Å²) < 4.78 is 2.20. The normalized spacial score (nSPS) is 13.4. The molecule has 0 N–H and O–H groups in total. The Labute approximate surface area is 154 Å². The molecule has 1 heterocycles. The Bertz CT molecular complexity index is 1000. The molecule has 0 fully saturated rings. The van der Waals surface area contributed by atoms with Gasteiger partial charge in [-0.25, -0.2) is 4.98 Å². The van der Waals surface area contributed by atoms with Crippen molar-refractivity contribution in [2.45, 2.75) is 39.5 Å². The summed E-state index contributed by atoms with van der Waals surface area (Å²) in [6.45, 7) is 9.27.